The molecule has 0 saturated carbocycles. The van der Waals surface area contributed by atoms with E-state index >= 15 is 13.2 Å². The molecule has 0 bridgehead atoms. The van der Waals surface area contributed by atoms with E-state index in [1.807, 2.05) is 30.3 Å². The Morgan fingerprint density at radius 3 is 2.17 bits per heavy atom. The van der Waals surface area contributed by atoms with Crippen molar-refractivity contribution in [2.45, 2.75) is 56.3 Å². The molecule has 0 spiro atoms. The molecule has 53 heavy (non-hydrogen) atoms. The fourth-order valence-corrected chi connectivity index (χ4v) is 8.24. The standard InChI is InChI=1S/C39H39F3N2O9/c1-44(2)31-25-16-22-15-23-28(26(51-18-20-11-7-5-8-12-20)17-24(37(49-3)50-4)30(23)39(40,41)42)32(45)27(22)34(46)38(25,48)35(47)29-33(31)53-43-36(29)52-19-21-13-9-6-10-14-21/h5-14,17,22,25,31,35,37,46-48H,15-16,18-19H2,1-4H3/t22-,25-,31-,35?,38-/m0/s1. The lowest BCUT2D eigenvalue weighted by Crippen LogP contribution is -2.57. The minimum absolute atomic E-state index is 0.00584. The van der Waals surface area contributed by atoms with E-state index in [-0.39, 0.29) is 65.7 Å². The molecule has 0 amide bonds. The van der Waals surface area contributed by atoms with Gasteiger partial charge in [0, 0.05) is 31.3 Å². The zero-order chi connectivity index (χ0) is 37.8. The van der Waals surface area contributed by atoms with Gasteiger partial charge in [0.25, 0.3) is 5.88 Å². The molecule has 1 unspecified atom stereocenters. The van der Waals surface area contributed by atoms with Gasteiger partial charge in [-0.1, -0.05) is 60.7 Å². The maximum absolute atomic E-state index is 15.1. The summed E-state index contributed by atoms with van der Waals surface area (Å²) in [6, 6.07) is 18.2. The topological polar surface area (TPSA) is 144 Å². The van der Waals surface area contributed by atoms with Crippen LogP contribution in [0.5, 0.6) is 11.6 Å². The summed E-state index contributed by atoms with van der Waals surface area (Å²) in [6.07, 6.45) is -8.76. The summed E-state index contributed by atoms with van der Waals surface area (Å²) in [5.41, 5.74) is -3.55. The number of Topliss-reactive ketones (excluding diaryl/α,β-unsaturated/α-hetero) is 1. The molecule has 3 aliphatic carbocycles. The zero-order valence-corrected chi connectivity index (χ0v) is 29.4. The van der Waals surface area contributed by atoms with Gasteiger partial charge < -0.3 is 38.8 Å². The molecule has 0 aliphatic heterocycles. The third-order valence-electron chi connectivity index (χ3n) is 10.5. The van der Waals surface area contributed by atoms with Crippen LogP contribution in [0.25, 0.3) is 0 Å². The summed E-state index contributed by atoms with van der Waals surface area (Å²) < 4.78 is 73.7. The molecule has 3 aromatic carbocycles. The molecular weight excluding hydrogens is 697 g/mol. The van der Waals surface area contributed by atoms with Crippen molar-refractivity contribution in [3.8, 4) is 11.6 Å². The van der Waals surface area contributed by atoms with Crippen molar-refractivity contribution in [1.82, 2.24) is 10.1 Å². The predicted octanol–water partition coefficient (Wildman–Crippen LogP) is 6.41. The third-order valence-corrected chi connectivity index (χ3v) is 10.5. The smallest absolute Gasteiger partial charge is 0.417 e. The van der Waals surface area contributed by atoms with Crippen LogP contribution < -0.4 is 9.47 Å². The Morgan fingerprint density at radius 2 is 1.60 bits per heavy atom. The normalized spacial score (nSPS) is 23.8. The second-order valence-corrected chi connectivity index (χ2v) is 13.8. The van der Waals surface area contributed by atoms with Crippen molar-refractivity contribution in [3.05, 3.63) is 123 Å². The summed E-state index contributed by atoms with van der Waals surface area (Å²) in [6.45, 7) is -0.0462. The van der Waals surface area contributed by atoms with Crippen molar-refractivity contribution >= 4 is 5.78 Å². The second kappa shape index (κ2) is 13.9. The molecule has 3 N–H and O–H groups in total. The number of aliphatic hydroxyl groups is 3. The number of aliphatic hydroxyl groups excluding tert-OH is 2. The minimum Gasteiger partial charge on any atom is -0.509 e. The van der Waals surface area contributed by atoms with Crippen molar-refractivity contribution in [2.24, 2.45) is 11.8 Å². The molecule has 280 valence electrons. The van der Waals surface area contributed by atoms with Crippen molar-refractivity contribution in [3.63, 3.8) is 0 Å². The van der Waals surface area contributed by atoms with Crippen LogP contribution in [-0.2, 0) is 35.3 Å². The number of hydrogen-bond acceptors (Lipinski definition) is 11. The van der Waals surface area contributed by atoms with Gasteiger partial charge in [-0.05, 0) is 60.8 Å². The Morgan fingerprint density at radius 1 is 1.00 bits per heavy atom. The lowest BCUT2D eigenvalue weighted by Gasteiger charge is -2.52. The Balaban J connectivity index is 1.38. The summed E-state index contributed by atoms with van der Waals surface area (Å²) in [5.74, 6) is -4.00. The predicted molar refractivity (Wildman–Crippen MR) is 182 cm³/mol. The van der Waals surface area contributed by atoms with Gasteiger partial charge in [0.2, 0.25) is 0 Å². The number of carbonyl (C=O) groups is 1. The summed E-state index contributed by atoms with van der Waals surface area (Å²) in [5, 5.41) is 40.6. The van der Waals surface area contributed by atoms with Crippen molar-refractivity contribution in [1.29, 1.82) is 0 Å². The molecule has 7 rings (SSSR count). The third kappa shape index (κ3) is 6.08. The van der Waals surface area contributed by atoms with E-state index in [0.29, 0.717) is 5.56 Å². The number of nitrogens with zero attached hydrogens (tertiary/aromatic N) is 2. The first-order chi connectivity index (χ1) is 25.3. The van der Waals surface area contributed by atoms with Crippen LogP contribution >= 0.6 is 0 Å². The fraction of sp³-hybridized carbons (Fsp3) is 0.385. The van der Waals surface area contributed by atoms with Gasteiger partial charge in [-0.2, -0.15) is 13.2 Å². The van der Waals surface area contributed by atoms with Crippen LogP contribution in [0, 0.1) is 11.8 Å². The molecule has 0 saturated heterocycles. The molecule has 3 aliphatic rings. The van der Waals surface area contributed by atoms with E-state index in [0.717, 1.165) is 11.6 Å². The molecule has 5 atom stereocenters. The monoisotopic (exact) mass is 736 g/mol. The molecular formula is C39H39F3N2O9. The van der Waals surface area contributed by atoms with E-state index in [2.05, 4.69) is 5.16 Å². The molecule has 4 aromatic rings. The number of halogens is 3. The van der Waals surface area contributed by atoms with Gasteiger partial charge in [0.1, 0.15) is 30.8 Å². The number of alkyl halides is 3. The summed E-state index contributed by atoms with van der Waals surface area (Å²) in [7, 11) is 5.79. The molecule has 14 heteroatoms. The molecule has 0 fully saturated rings. The number of ketones is 1. The van der Waals surface area contributed by atoms with Crippen LogP contribution in [0.4, 0.5) is 13.2 Å². The highest BCUT2D eigenvalue weighted by Crippen LogP contribution is 2.61. The number of fused-ring (bicyclic) bond motifs is 4. The van der Waals surface area contributed by atoms with Crippen LogP contribution in [0.3, 0.4) is 0 Å². The first-order valence-electron chi connectivity index (χ1n) is 17.0. The number of methoxy groups -OCH3 is 2. The van der Waals surface area contributed by atoms with Gasteiger partial charge in [0.05, 0.1) is 22.7 Å². The number of benzene rings is 3. The second-order valence-electron chi connectivity index (χ2n) is 13.8. The van der Waals surface area contributed by atoms with Crippen LogP contribution in [0.2, 0.25) is 0 Å². The highest BCUT2D eigenvalue weighted by molar-refractivity contribution is 6.14. The zero-order valence-electron chi connectivity index (χ0n) is 29.4. The first-order valence-corrected chi connectivity index (χ1v) is 17.0. The number of allylic oxidation sites excluding steroid dienone is 1. The summed E-state index contributed by atoms with van der Waals surface area (Å²) >= 11 is 0. The van der Waals surface area contributed by atoms with E-state index in [9.17, 15) is 20.1 Å². The average molecular weight is 737 g/mol. The van der Waals surface area contributed by atoms with E-state index in [1.165, 1.54) is 14.2 Å². The number of rotatable bonds is 10. The largest absolute Gasteiger partial charge is 0.509 e. The Kier molecular flexibility index (Phi) is 9.62. The maximum Gasteiger partial charge on any atom is 0.417 e. The van der Waals surface area contributed by atoms with Crippen LogP contribution in [-0.4, -0.2) is 65.1 Å². The first kappa shape index (κ1) is 36.6. The van der Waals surface area contributed by atoms with Gasteiger partial charge in [-0.25, -0.2) is 0 Å². The van der Waals surface area contributed by atoms with Gasteiger partial charge >= 0.3 is 6.18 Å². The van der Waals surface area contributed by atoms with Gasteiger partial charge in [0.15, 0.2) is 23.4 Å². The highest BCUT2D eigenvalue weighted by Gasteiger charge is 2.64. The lowest BCUT2D eigenvalue weighted by molar-refractivity contribution is -0.155. The minimum atomic E-state index is -4.95. The van der Waals surface area contributed by atoms with Crippen molar-refractivity contribution in [2.75, 3.05) is 28.3 Å². The maximum atomic E-state index is 15.1. The summed E-state index contributed by atoms with van der Waals surface area (Å²) in [4.78, 5) is 16.4. The molecule has 1 aromatic heterocycles. The Bertz CT molecular complexity index is 2030. The van der Waals surface area contributed by atoms with Gasteiger partial charge in [-0.15, -0.1) is 0 Å². The van der Waals surface area contributed by atoms with E-state index in [1.54, 1.807) is 49.3 Å². The molecule has 11 nitrogen and oxygen atoms in total. The number of hydrogen-bond donors (Lipinski definition) is 3. The molecule has 1 heterocycles. The molecule has 0 radical (unpaired) electrons. The lowest BCUT2D eigenvalue weighted by atomic mass is 9.58. The number of ether oxygens (including phenoxy) is 4. The highest BCUT2D eigenvalue weighted by atomic mass is 19.4. The van der Waals surface area contributed by atoms with Crippen LogP contribution in [0.1, 0.15) is 74.4 Å². The fourth-order valence-electron chi connectivity index (χ4n) is 8.24. The van der Waals surface area contributed by atoms with E-state index < -0.39 is 64.7 Å². The Hall–Kier alpha value is -4.73. The number of carbonyl (C=O) groups excluding carboxylic acids is 1. The quantitative estimate of drug-likeness (QED) is 0.155. The number of aromatic nitrogens is 1. The van der Waals surface area contributed by atoms with Crippen molar-refractivity contribution < 1.29 is 56.8 Å². The van der Waals surface area contributed by atoms with E-state index in [4.69, 9.17) is 23.5 Å². The SMILES string of the molecule is COC(OC)c1cc(OCc2ccccc2)c2c(c1C(F)(F)F)C[C@H]1C[C@H]3[C@H](N(C)C)c4onc(OCc5ccccc5)c4C(O)[C@@]3(O)C(O)=C1C2=O. The average Bonchev–Trinajstić information content (AvgIpc) is 3.55. The Labute approximate surface area is 303 Å². The van der Waals surface area contributed by atoms with Gasteiger partial charge in [-0.3, -0.25) is 9.69 Å². The van der Waals surface area contributed by atoms with Crippen LogP contribution in [0.15, 0.2) is 82.6 Å².